The Bertz CT molecular complexity index is 1120. The number of benzene rings is 1. The summed E-state index contributed by atoms with van der Waals surface area (Å²) in [5, 5.41) is -0.0908. The van der Waals surface area contributed by atoms with E-state index in [4.69, 9.17) is 35.0 Å². The van der Waals surface area contributed by atoms with Crippen molar-refractivity contribution in [1.82, 2.24) is 4.90 Å². The Balaban J connectivity index is 1.64. The van der Waals surface area contributed by atoms with Crippen molar-refractivity contribution in [2.45, 2.75) is 43.3 Å². The minimum absolute atomic E-state index is 0.0908. The van der Waals surface area contributed by atoms with Crippen LogP contribution in [0, 0.1) is 5.92 Å². The van der Waals surface area contributed by atoms with Gasteiger partial charge in [-0.2, -0.15) is 0 Å². The number of amides is 1. The van der Waals surface area contributed by atoms with Gasteiger partial charge in [-0.15, -0.1) is 11.6 Å². The number of nitrogens with zero attached hydrogens (tertiary/aromatic N) is 1. The maximum atomic E-state index is 13.8. The molecule has 8 nitrogen and oxygen atoms in total. The predicted molar refractivity (Wildman–Crippen MR) is 122 cm³/mol. The smallest absolute Gasteiger partial charge is 0.290 e. The lowest BCUT2D eigenvalue weighted by molar-refractivity contribution is -0.135. The van der Waals surface area contributed by atoms with E-state index in [0.717, 1.165) is 6.42 Å². The molecule has 5 rings (SSSR count). The number of rotatable bonds is 6. The Morgan fingerprint density at radius 1 is 1.09 bits per heavy atom. The van der Waals surface area contributed by atoms with Gasteiger partial charge in [0.2, 0.25) is 5.75 Å². The molecule has 1 aromatic carbocycles. The first-order valence-corrected chi connectivity index (χ1v) is 11.6. The molecule has 0 radical (unpaired) electrons. The molecule has 4 atom stereocenters. The van der Waals surface area contributed by atoms with Crippen molar-refractivity contribution < 1.29 is 33.0 Å². The van der Waals surface area contributed by atoms with Crippen LogP contribution in [0.2, 0.25) is 0 Å². The summed E-state index contributed by atoms with van der Waals surface area (Å²) >= 11 is 6.40. The van der Waals surface area contributed by atoms with E-state index in [9.17, 15) is 9.59 Å². The van der Waals surface area contributed by atoms with Gasteiger partial charge in [-0.3, -0.25) is 9.59 Å². The summed E-state index contributed by atoms with van der Waals surface area (Å²) in [6, 6.07) is 6.36. The lowest BCUT2D eigenvalue weighted by atomic mass is 9.77. The normalized spacial score (nSPS) is 26.2. The van der Waals surface area contributed by atoms with Crippen LogP contribution in [0.25, 0.3) is 0 Å². The fourth-order valence-corrected chi connectivity index (χ4v) is 5.52. The van der Waals surface area contributed by atoms with Gasteiger partial charge in [-0.25, -0.2) is 0 Å². The first-order chi connectivity index (χ1) is 16.5. The molecule has 1 aliphatic carbocycles. The molecule has 4 unspecified atom stereocenters. The van der Waals surface area contributed by atoms with Gasteiger partial charge in [-0.1, -0.05) is 0 Å². The maximum Gasteiger partial charge on any atom is 0.290 e. The number of hydrogen-bond donors (Lipinski definition) is 0. The van der Waals surface area contributed by atoms with Crippen LogP contribution >= 0.6 is 11.6 Å². The number of alkyl halides is 1. The Morgan fingerprint density at radius 3 is 2.44 bits per heavy atom. The maximum absolute atomic E-state index is 13.8. The van der Waals surface area contributed by atoms with Crippen LogP contribution in [0.3, 0.4) is 0 Å². The summed E-state index contributed by atoms with van der Waals surface area (Å²) in [6.07, 6.45) is 3.13. The number of ketones is 1. The largest absolute Gasteiger partial charge is 0.493 e. The second-order valence-corrected chi connectivity index (χ2v) is 9.27. The summed E-state index contributed by atoms with van der Waals surface area (Å²) < 4.78 is 28.2. The highest BCUT2D eigenvalue weighted by molar-refractivity contribution is 6.21. The number of hydrogen-bond acceptors (Lipinski definition) is 7. The monoisotopic (exact) mass is 487 g/mol. The number of carbonyl (C=O) groups is 2. The van der Waals surface area contributed by atoms with Gasteiger partial charge in [0, 0.05) is 5.38 Å². The lowest BCUT2D eigenvalue weighted by Gasteiger charge is -2.37. The number of furan rings is 1. The van der Waals surface area contributed by atoms with Gasteiger partial charge < -0.3 is 28.3 Å². The van der Waals surface area contributed by atoms with E-state index in [1.54, 1.807) is 35.4 Å². The number of fused-ring (bicyclic) bond motifs is 1. The zero-order valence-corrected chi connectivity index (χ0v) is 20.0. The number of Topliss-reactive ketones (excluding diaryl/α,β-unsaturated/α-hetero) is 1. The molecule has 0 N–H and O–H groups in total. The van der Waals surface area contributed by atoms with Crippen molar-refractivity contribution >= 4 is 23.3 Å². The Labute approximate surface area is 202 Å². The minimum atomic E-state index is -0.703. The summed E-state index contributed by atoms with van der Waals surface area (Å²) in [5.74, 6) is 1.18. The summed E-state index contributed by atoms with van der Waals surface area (Å²) in [6.45, 7) is 0.171. The first-order valence-electron chi connectivity index (χ1n) is 11.2. The second kappa shape index (κ2) is 8.91. The van der Waals surface area contributed by atoms with Crippen LogP contribution in [0.4, 0.5) is 0 Å². The number of carbonyl (C=O) groups excluding carboxylic acids is 2. The highest BCUT2D eigenvalue weighted by Gasteiger charge is 2.53. The quantitative estimate of drug-likeness (QED) is 0.569. The Morgan fingerprint density at radius 2 is 1.82 bits per heavy atom. The van der Waals surface area contributed by atoms with Gasteiger partial charge in [0.15, 0.2) is 23.0 Å². The zero-order valence-electron chi connectivity index (χ0n) is 19.2. The molecule has 1 aromatic heterocycles. The number of ether oxygens (including phenoxy) is 4. The molecule has 180 valence electrons. The Kier molecular flexibility index (Phi) is 5.93. The summed E-state index contributed by atoms with van der Waals surface area (Å²) in [7, 11) is 4.57. The van der Waals surface area contributed by atoms with Crippen LogP contribution in [-0.4, -0.2) is 49.4 Å². The molecule has 2 aromatic rings. The molecule has 1 amide bonds. The minimum Gasteiger partial charge on any atom is -0.493 e. The average molecular weight is 488 g/mol. The average Bonchev–Trinajstić information content (AvgIpc) is 3.46. The fraction of sp³-hybridized carbons (Fsp3) is 0.440. The van der Waals surface area contributed by atoms with Crippen molar-refractivity contribution in [1.29, 1.82) is 0 Å². The molecule has 1 fully saturated rings. The van der Waals surface area contributed by atoms with E-state index in [2.05, 4.69) is 0 Å². The predicted octanol–water partition coefficient (Wildman–Crippen LogP) is 4.02. The number of halogens is 1. The van der Waals surface area contributed by atoms with E-state index in [1.165, 1.54) is 21.3 Å². The Hall–Kier alpha value is -3.13. The molecule has 3 aliphatic rings. The molecule has 1 saturated carbocycles. The molecule has 0 spiro atoms. The summed E-state index contributed by atoms with van der Waals surface area (Å²) in [5.41, 5.74) is 0.992. The van der Waals surface area contributed by atoms with Gasteiger partial charge in [0.05, 0.1) is 51.7 Å². The van der Waals surface area contributed by atoms with Gasteiger partial charge in [0.1, 0.15) is 11.9 Å². The van der Waals surface area contributed by atoms with E-state index in [1.807, 2.05) is 0 Å². The van der Waals surface area contributed by atoms with Crippen molar-refractivity contribution in [2.75, 3.05) is 21.3 Å². The van der Waals surface area contributed by atoms with E-state index >= 15 is 0 Å². The SMILES string of the molecule is COc1cc(C2C3=C(OC4CCC(Cl)CC4C3=O)C(=O)N2Cc2ccco2)cc(OC)c1OC. The topological polar surface area (TPSA) is 87.4 Å². The molecule has 0 bridgehead atoms. The molecule has 0 saturated heterocycles. The van der Waals surface area contributed by atoms with Gasteiger partial charge in [0.25, 0.3) is 5.91 Å². The molecular formula is C25H26ClNO7. The standard InChI is InChI=1S/C25H26ClNO7/c1-30-18-9-13(10-19(31-2)23(18)32-3)21-20-22(28)16-11-14(26)6-7-17(16)34-24(20)25(29)27(21)12-15-5-4-8-33-15/h4-5,8-10,14,16-17,21H,6-7,11-12H2,1-3H3. The van der Waals surface area contributed by atoms with Gasteiger partial charge >= 0.3 is 0 Å². The highest BCUT2D eigenvalue weighted by atomic mass is 35.5. The number of methoxy groups -OCH3 is 3. The van der Waals surface area contributed by atoms with Crippen molar-refractivity contribution in [3.63, 3.8) is 0 Å². The third kappa shape index (κ3) is 3.60. The zero-order chi connectivity index (χ0) is 24.0. The molecule has 2 aliphatic heterocycles. The van der Waals surface area contributed by atoms with Gasteiger partial charge in [-0.05, 0) is 49.1 Å². The van der Waals surface area contributed by atoms with E-state index in [-0.39, 0.29) is 41.4 Å². The fourth-order valence-electron chi connectivity index (χ4n) is 5.20. The highest BCUT2D eigenvalue weighted by Crippen LogP contribution is 2.50. The van der Waals surface area contributed by atoms with Crippen LogP contribution < -0.4 is 14.2 Å². The van der Waals surface area contributed by atoms with E-state index < -0.39 is 6.04 Å². The first kappa shape index (κ1) is 22.7. The third-order valence-electron chi connectivity index (χ3n) is 6.79. The van der Waals surface area contributed by atoms with E-state index in [0.29, 0.717) is 47.0 Å². The van der Waals surface area contributed by atoms with Crippen LogP contribution in [0.1, 0.15) is 36.6 Å². The third-order valence-corrected chi connectivity index (χ3v) is 7.18. The summed E-state index contributed by atoms with van der Waals surface area (Å²) in [4.78, 5) is 29.0. The molecule has 34 heavy (non-hydrogen) atoms. The van der Waals surface area contributed by atoms with Crippen LogP contribution in [0.15, 0.2) is 46.3 Å². The molecule has 9 heteroatoms. The van der Waals surface area contributed by atoms with Crippen molar-refractivity contribution in [3.8, 4) is 17.2 Å². The lowest BCUT2D eigenvalue weighted by Crippen LogP contribution is -2.41. The molecular weight excluding hydrogens is 462 g/mol. The van der Waals surface area contributed by atoms with Crippen LogP contribution in [-0.2, 0) is 20.9 Å². The molecule has 3 heterocycles. The second-order valence-electron chi connectivity index (χ2n) is 8.65. The van der Waals surface area contributed by atoms with Crippen LogP contribution in [0.5, 0.6) is 17.2 Å². The van der Waals surface area contributed by atoms with Crippen molar-refractivity contribution in [3.05, 3.63) is 53.2 Å². The van der Waals surface area contributed by atoms with Crippen molar-refractivity contribution in [2.24, 2.45) is 5.92 Å².